The summed E-state index contributed by atoms with van der Waals surface area (Å²) in [6, 6.07) is 8.35. The molecule has 0 heterocycles. The minimum atomic E-state index is -0.210. The standard InChI is InChI=1S/2C8H8O3.Mn.2H2O/c2*1-11-8-4-6(5-9)2-3-7(8)10;;;/h2*2-5,10H,1H3;;2*1H2/q;;+2;;. The van der Waals surface area contributed by atoms with Crippen LogP contribution in [0.3, 0.4) is 0 Å². The molecule has 0 atom stereocenters. The van der Waals surface area contributed by atoms with Crippen LogP contribution in [-0.2, 0) is 28.0 Å². The molecule has 0 bridgehead atoms. The van der Waals surface area contributed by atoms with Gasteiger partial charge in [0.1, 0.15) is 24.1 Å². The van der Waals surface area contributed by atoms with Crippen molar-refractivity contribution in [2.45, 2.75) is 0 Å². The summed E-state index contributed by atoms with van der Waals surface area (Å²) in [5, 5.41) is 21.8. The van der Waals surface area contributed by atoms with E-state index in [1.165, 1.54) is 50.6 Å². The maximum absolute atomic E-state index is 10.9. The van der Waals surface area contributed by atoms with E-state index in [1.807, 2.05) is 0 Å². The fourth-order valence-corrected chi connectivity index (χ4v) is 1.51. The van der Waals surface area contributed by atoms with Gasteiger partial charge >= 0.3 is 17.1 Å². The van der Waals surface area contributed by atoms with Gasteiger partial charge in [-0.15, -0.1) is 0 Å². The molecule has 0 aliphatic heterocycles. The Hall–Kier alpha value is -2.58. The Bertz CT molecular complexity index is 603. The normalized spacial score (nSPS) is 8.08. The second-order valence-corrected chi connectivity index (χ2v) is 4.06. The maximum Gasteiger partial charge on any atom is 2.00 e. The molecular formula is C16H20MnO8+2. The fourth-order valence-electron chi connectivity index (χ4n) is 1.51. The van der Waals surface area contributed by atoms with Crippen LogP contribution in [0.15, 0.2) is 36.4 Å². The van der Waals surface area contributed by atoms with Crippen molar-refractivity contribution in [3.63, 3.8) is 0 Å². The van der Waals surface area contributed by atoms with Crippen molar-refractivity contribution in [2.24, 2.45) is 0 Å². The number of methoxy groups -OCH3 is 2. The first kappa shape index (κ1) is 27.3. The van der Waals surface area contributed by atoms with Crippen molar-refractivity contribution in [3.05, 3.63) is 47.5 Å². The number of ether oxygens (including phenoxy) is 2. The largest absolute Gasteiger partial charge is 2.00 e. The van der Waals surface area contributed by atoms with Crippen LogP contribution in [-0.4, -0.2) is 26.8 Å². The van der Waals surface area contributed by atoms with Gasteiger partial charge in [-0.05, 0) is 12.1 Å². The molecule has 0 aliphatic carbocycles. The number of hydrogen-bond donors (Lipinski definition) is 0. The molecule has 1 radical (unpaired) electrons. The minimum absolute atomic E-state index is 0. The summed E-state index contributed by atoms with van der Waals surface area (Å²) in [6.45, 7) is 0. The Morgan fingerprint density at radius 2 is 1.08 bits per heavy atom. The van der Waals surface area contributed by atoms with Crippen molar-refractivity contribution >= 4 is 12.6 Å². The first-order valence-electron chi connectivity index (χ1n) is 6.16. The molecule has 6 N–H and O–H groups in total. The van der Waals surface area contributed by atoms with E-state index in [4.69, 9.17) is 9.47 Å². The Morgan fingerprint density at radius 3 is 1.32 bits per heavy atom. The van der Waals surface area contributed by atoms with E-state index in [-0.39, 0.29) is 51.0 Å². The van der Waals surface area contributed by atoms with Crippen LogP contribution in [0.5, 0.6) is 23.0 Å². The molecule has 2 rings (SSSR count). The maximum atomic E-state index is 10.9. The van der Waals surface area contributed by atoms with Crippen LogP contribution in [0.1, 0.15) is 20.7 Å². The van der Waals surface area contributed by atoms with Crippen LogP contribution >= 0.6 is 0 Å². The molecule has 0 aliphatic rings. The van der Waals surface area contributed by atoms with Crippen molar-refractivity contribution < 1.29 is 57.3 Å². The molecule has 0 saturated heterocycles. The summed E-state index contributed by atoms with van der Waals surface area (Å²) in [5.41, 5.74) is 0.892. The predicted octanol–water partition coefficient (Wildman–Crippen LogP) is -0.684. The molecule has 137 valence electrons. The van der Waals surface area contributed by atoms with Gasteiger partial charge in [0.2, 0.25) is 0 Å². The number of carbonyl (C=O) groups excluding carboxylic acids is 2. The predicted molar refractivity (Wildman–Crippen MR) is 85.4 cm³/mol. The zero-order chi connectivity index (χ0) is 16.5. The van der Waals surface area contributed by atoms with E-state index in [0.717, 1.165) is 0 Å². The number of rotatable bonds is 4. The Kier molecular flexibility index (Phi) is 15.1. The van der Waals surface area contributed by atoms with Gasteiger partial charge in [0.05, 0.1) is 14.2 Å². The van der Waals surface area contributed by atoms with Gasteiger partial charge in [-0.25, -0.2) is 0 Å². The molecular weight excluding hydrogens is 375 g/mol. The summed E-state index contributed by atoms with van der Waals surface area (Å²) < 4.78 is 9.43. The SMILES string of the molecule is COc1cc(C=O)ccc1[O-].COc1cc(C=O)ccc1[O-].[Mn+2].[OH3+].[OH3+]. The monoisotopic (exact) mass is 395 g/mol. The van der Waals surface area contributed by atoms with Crippen molar-refractivity contribution in [1.82, 2.24) is 0 Å². The summed E-state index contributed by atoms with van der Waals surface area (Å²) in [4.78, 5) is 20.5. The van der Waals surface area contributed by atoms with E-state index in [1.54, 1.807) is 0 Å². The molecule has 0 fully saturated rings. The first-order chi connectivity index (χ1) is 10.5. The van der Waals surface area contributed by atoms with Crippen LogP contribution in [0, 0.1) is 0 Å². The zero-order valence-electron chi connectivity index (χ0n) is 13.6. The van der Waals surface area contributed by atoms with Gasteiger partial charge in [-0.3, -0.25) is 9.59 Å². The van der Waals surface area contributed by atoms with E-state index in [0.29, 0.717) is 23.7 Å². The second-order valence-electron chi connectivity index (χ2n) is 4.06. The topological polar surface area (TPSA) is 165 Å². The number of hydrogen-bond acceptors (Lipinski definition) is 6. The average molecular weight is 395 g/mol. The van der Waals surface area contributed by atoms with E-state index in [2.05, 4.69) is 0 Å². The van der Waals surface area contributed by atoms with Gasteiger partial charge < -0.3 is 30.6 Å². The molecule has 2 aromatic rings. The van der Waals surface area contributed by atoms with E-state index in [9.17, 15) is 19.8 Å². The number of benzene rings is 2. The zero-order valence-corrected chi connectivity index (χ0v) is 14.8. The summed E-state index contributed by atoms with van der Waals surface area (Å²) >= 11 is 0. The third kappa shape index (κ3) is 8.18. The van der Waals surface area contributed by atoms with Gasteiger partial charge in [0.25, 0.3) is 0 Å². The molecule has 0 amide bonds. The van der Waals surface area contributed by atoms with Crippen LogP contribution in [0.4, 0.5) is 0 Å². The van der Waals surface area contributed by atoms with Gasteiger partial charge in [-0.1, -0.05) is 35.8 Å². The van der Waals surface area contributed by atoms with Crippen LogP contribution < -0.4 is 19.7 Å². The molecule has 25 heavy (non-hydrogen) atoms. The quantitative estimate of drug-likeness (QED) is 0.378. The van der Waals surface area contributed by atoms with Crippen LogP contribution in [0.25, 0.3) is 0 Å². The van der Waals surface area contributed by atoms with E-state index < -0.39 is 0 Å². The van der Waals surface area contributed by atoms with Crippen molar-refractivity contribution in [3.8, 4) is 23.0 Å². The first-order valence-corrected chi connectivity index (χ1v) is 6.16. The van der Waals surface area contributed by atoms with Gasteiger partial charge in [-0.2, -0.15) is 0 Å². The molecule has 0 aromatic heterocycles. The van der Waals surface area contributed by atoms with Gasteiger partial charge in [0.15, 0.2) is 0 Å². The smallest absolute Gasteiger partial charge is 0.870 e. The van der Waals surface area contributed by atoms with Gasteiger partial charge in [0, 0.05) is 11.1 Å². The third-order valence-electron chi connectivity index (χ3n) is 2.65. The average Bonchev–Trinajstić information content (AvgIpc) is 2.56. The van der Waals surface area contributed by atoms with Crippen molar-refractivity contribution in [1.29, 1.82) is 0 Å². The third-order valence-corrected chi connectivity index (χ3v) is 2.65. The fraction of sp³-hybridized carbons (Fsp3) is 0.125. The van der Waals surface area contributed by atoms with E-state index >= 15 is 0 Å². The molecule has 0 saturated carbocycles. The Labute approximate surface area is 155 Å². The molecule has 9 heteroatoms. The molecule has 8 nitrogen and oxygen atoms in total. The number of aldehydes is 2. The second kappa shape index (κ2) is 13.8. The Morgan fingerprint density at radius 1 is 0.760 bits per heavy atom. The minimum Gasteiger partial charge on any atom is -0.870 e. The molecule has 2 aromatic carbocycles. The van der Waals surface area contributed by atoms with Crippen LogP contribution in [0.2, 0.25) is 0 Å². The summed E-state index contributed by atoms with van der Waals surface area (Å²) in [6.07, 6.45) is 1.34. The Balaban J connectivity index is -0.000000346. The summed E-state index contributed by atoms with van der Waals surface area (Å²) in [5.74, 6) is -0.0135. The summed E-state index contributed by atoms with van der Waals surface area (Å²) in [7, 11) is 2.79. The van der Waals surface area contributed by atoms with Crippen molar-refractivity contribution in [2.75, 3.05) is 14.2 Å². The molecule has 0 unspecified atom stereocenters. The molecule has 0 spiro atoms. The number of carbonyl (C=O) groups is 2.